The molecule has 1 heterocycles. The van der Waals surface area contributed by atoms with Crippen molar-refractivity contribution in [1.29, 1.82) is 0 Å². The summed E-state index contributed by atoms with van der Waals surface area (Å²) in [7, 11) is -2.17. The molecule has 32 heavy (non-hydrogen) atoms. The first-order valence-corrected chi connectivity index (χ1v) is 12.4. The van der Waals surface area contributed by atoms with Gasteiger partial charge in [0.25, 0.3) is 15.9 Å². The van der Waals surface area contributed by atoms with Crippen molar-refractivity contribution >= 4 is 33.4 Å². The Morgan fingerprint density at radius 3 is 2.34 bits per heavy atom. The third-order valence-electron chi connectivity index (χ3n) is 4.51. The number of nitrogens with one attached hydrogen (secondary N) is 2. The van der Waals surface area contributed by atoms with Gasteiger partial charge in [0.05, 0.1) is 17.6 Å². The zero-order valence-corrected chi connectivity index (χ0v) is 19.5. The van der Waals surface area contributed by atoms with Crippen LogP contribution in [0.25, 0.3) is 0 Å². The van der Waals surface area contributed by atoms with Crippen LogP contribution in [0.3, 0.4) is 0 Å². The predicted molar refractivity (Wildman–Crippen MR) is 126 cm³/mol. The highest BCUT2D eigenvalue weighted by Crippen LogP contribution is 2.28. The predicted octanol–water partition coefficient (Wildman–Crippen LogP) is 4.57. The molecule has 2 N–H and O–H groups in total. The summed E-state index contributed by atoms with van der Waals surface area (Å²) in [6.45, 7) is 2.72. The average Bonchev–Trinajstić information content (AvgIpc) is 2.81. The molecule has 3 rings (SSSR count). The van der Waals surface area contributed by atoms with Crippen LogP contribution >= 0.6 is 11.8 Å². The normalized spacial score (nSPS) is 11.1. The summed E-state index contributed by atoms with van der Waals surface area (Å²) in [6, 6.07) is 16.7. The van der Waals surface area contributed by atoms with Crippen LogP contribution in [0.4, 0.5) is 5.69 Å². The van der Waals surface area contributed by atoms with E-state index in [1.165, 1.54) is 31.0 Å². The monoisotopic (exact) mass is 471 g/mol. The molecule has 2 aromatic carbocycles. The minimum absolute atomic E-state index is 0.129. The van der Waals surface area contributed by atoms with Crippen LogP contribution in [-0.2, 0) is 10.0 Å². The quantitative estimate of drug-likeness (QED) is 0.420. The van der Waals surface area contributed by atoms with E-state index in [-0.39, 0.29) is 10.8 Å². The largest absolute Gasteiger partial charge is 0.497 e. The third-order valence-corrected chi connectivity index (χ3v) is 6.87. The molecule has 0 bridgehead atoms. The molecule has 0 fully saturated rings. The number of methoxy groups -OCH3 is 1. The molecule has 1 amide bonds. The first-order valence-electron chi connectivity index (χ1n) is 10.1. The molecule has 1 aromatic heterocycles. The summed E-state index contributed by atoms with van der Waals surface area (Å²) in [4.78, 5) is 17.4. The minimum atomic E-state index is -3.69. The molecule has 0 atom stereocenters. The van der Waals surface area contributed by atoms with Crippen LogP contribution in [0, 0.1) is 0 Å². The van der Waals surface area contributed by atoms with Crippen molar-refractivity contribution < 1.29 is 17.9 Å². The maximum absolute atomic E-state index is 12.5. The minimum Gasteiger partial charge on any atom is -0.497 e. The Balaban J connectivity index is 1.60. The summed E-state index contributed by atoms with van der Waals surface area (Å²) in [5.74, 6) is 0.458. The molecule has 0 aliphatic heterocycles. The van der Waals surface area contributed by atoms with Gasteiger partial charge in [0.15, 0.2) is 0 Å². The second-order valence-corrected chi connectivity index (χ2v) is 9.68. The molecule has 3 aromatic rings. The van der Waals surface area contributed by atoms with E-state index in [0.717, 1.165) is 22.8 Å². The van der Waals surface area contributed by atoms with Gasteiger partial charge in [-0.15, -0.1) is 0 Å². The molecule has 0 unspecified atom stereocenters. The van der Waals surface area contributed by atoms with E-state index in [1.54, 1.807) is 42.6 Å². The Hall–Kier alpha value is -3.04. The van der Waals surface area contributed by atoms with Crippen molar-refractivity contribution in [2.45, 2.75) is 34.6 Å². The molecular formula is C23H25N3O4S2. The maximum Gasteiger partial charge on any atom is 0.261 e. The van der Waals surface area contributed by atoms with Crippen molar-refractivity contribution in [2.24, 2.45) is 0 Å². The van der Waals surface area contributed by atoms with Gasteiger partial charge in [0.2, 0.25) is 0 Å². The molecule has 0 aliphatic rings. The molecule has 0 aliphatic carbocycles. The van der Waals surface area contributed by atoms with Gasteiger partial charge >= 0.3 is 0 Å². The molecule has 0 saturated carbocycles. The highest BCUT2D eigenvalue weighted by Gasteiger charge is 2.14. The van der Waals surface area contributed by atoms with Crippen LogP contribution in [0.15, 0.2) is 81.7 Å². The van der Waals surface area contributed by atoms with E-state index in [2.05, 4.69) is 21.9 Å². The zero-order valence-electron chi connectivity index (χ0n) is 17.9. The lowest BCUT2D eigenvalue weighted by Crippen LogP contribution is -2.24. The fourth-order valence-electron chi connectivity index (χ4n) is 2.74. The number of anilines is 1. The molecule has 7 nitrogen and oxygen atoms in total. The van der Waals surface area contributed by atoms with Crippen molar-refractivity contribution in [1.82, 2.24) is 10.3 Å². The SMILES string of the molecule is CCCCNC(=O)c1ccc(Sc2ccc(NS(=O)(=O)c3ccc(OC)cc3)cc2)nc1. The number of carbonyl (C=O) groups excluding carboxylic acids is 1. The number of benzene rings is 2. The number of carbonyl (C=O) groups is 1. The first-order chi connectivity index (χ1) is 15.4. The third kappa shape index (κ3) is 6.48. The smallest absolute Gasteiger partial charge is 0.261 e. The summed E-state index contributed by atoms with van der Waals surface area (Å²) in [5, 5.41) is 3.60. The summed E-state index contributed by atoms with van der Waals surface area (Å²) >= 11 is 1.42. The standard InChI is InChI=1S/C23H25N3O4S2/c1-3-4-15-24-23(27)17-5-14-22(25-16-17)31-20-10-6-18(7-11-20)26-32(28,29)21-12-8-19(30-2)9-13-21/h5-14,16,26H,3-4,15H2,1-2H3,(H,24,27). The van der Waals surface area contributed by atoms with E-state index < -0.39 is 10.0 Å². The van der Waals surface area contributed by atoms with E-state index in [1.807, 2.05) is 12.1 Å². The Labute approximate surface area is 192 Å². The number of sulfonamides is 1. The van der Waals surface area contributed by atoms with E-state index in [4.69, 9.17) is 4.74 Å². The lowest BCUT2D eigenvalue weighted by atomic mass is 10.2. The number of rotatable bonds is 10. The van der Waals surface area contributed by atoms with Crippen molar-refractivity contribution in [3.05, 3.63) is 72.4 Å². The molecule has 168 valence electrons. The second-order valence-electron chi connectivity index (χ2n) is 6.90. The van der Waals surface area contributed by atoms with Gasteiger partial charge in [-0.3, -0.25) is 9.52 Å². The Morgan fingerprint density at radius 2 is 1.75 bits per heavy atom. The Bertz CT molecular complexity index is 1130. The zero-order chi connectivity index (χ0) is 23.0. The lowest BCUT2D eigenvalue weighted by molar-refractivity contribution is 0.0952. The van der Waals surface area contributed by atoms with Gasteiger partial charge in [-0.25, -0.2) is 13.4 Å². The van der Waals surface area contributed by atoms with Gasteiger partial charge in [-0.1, -0.05) is 25.1 Å². The van der Waals surface area contributed by atoms with Crippen molar-refractivity contribution in [3.63, 3.8) is 0 Å². The Kier molecular flexibility index (Phi) is 8.13. The van der Waals surface area contributed by atoms with Gasteiger partial charge in [0.1, 0.15) is 10.8 Å². The fraction of sp³-hybridized carbons (Fsp3) is 0.217. The highest BCUT2D eigenvalue weighted by atomic mass is 32.2. The van der Waals surface area contributed by atoms with Crippen LogP contribution in [0.2, 0.25) is 0 Å². The van der Waals surface area contributed by atoms with Crippen LogP contribution in [-0.4, -0.2) is 33.0 Å². The van der Waals surface area contributed by atoms with Gasteiger partial charge in [-0.05, 0) is 67.1 Å². The van der Waals surface area contributed by atoms with Crippen LogP contribution < -0.4 is 14.8 Å². The van der Waals surface area contributed by atoms with E-state index >= 15 is 0 Å². The summed E-state index contributed by atoms with van der Waals surface area (Å²) in [6.07, 6.45) is 3.52. The number of hydrogen-bond donors (Lipinski definition) is 2. The van der Waals surface area contributed by atoms with Gasteiger partial charge in [-0.2, -0.15) is 0 Å². The first kappa shape index (κ1) is 23.6. The van der Waals surface area contributed by atoms with Gasteiger partial charge in [0, 0.05) is 23.3 Å². The molecular weight excluding hydrogens is 446 g/mol. The number of aromatic nitrogens is 1. The summed E-state index contributed by atoms with van der Waals surface area (Å²) < 4.78 is 32.7. The van der Waals surface area contributed by atoms with Gasteiger partial charge < -0.3 is 10.1 Å². The van der Waals surface area contributed by atoms with Crippen molar-refractivity contribution in [3.8, 4) is 5.75 Å². The fourth-order valence-corrected chi connectivity index (χ4v) is 4.55. The number of hydrogen-bond acceptors (Lipinski definition) is 6. The van der Waals surface area contributed by atoms with E-state index in [9.17, 15) is 13.2 Å². The lowest BCUT2D eigenvalue weighted by Gasteiger charge is -2.09. The van der Waals surface area contributed by atoms with Crippen molar-refractivity contribution in [2.75, 3.05) is 18.4 Å². The molecule has 9 heteroatoms. The second kappa shape index (κ2) is 11.0. The van der Waals surface area contributed by atoms with Crippen LogP contribution in [0.1, 0.15) is 30.1 Å². The number of unbranched alkanes of at least 4 members (excludes halogenated alkanes) is 1. The molecule has 0 radical (unpaired) electrons. The number of pyridine rings is 1. The number of ether oxygens (including phenoxy) is 1. The highest BCUT2D eigenvalue weighted by molar-refractivity contribution is 7.99. The number of amides is 1. The average molecular weight is 472 g/mol. The molecule has 0 saturated heterocycles. The summed E-state index contributed by atoms with van der Waals surface area (Å²) in [5.41, 5.74) is 0.978. The molecule has 0 spiro atoms. The van der Waals surface area contributed by atoms with Crippen LogP contribution in [0.5, 0.6) is 5.75 Å². The topological polar surface area (TPSA) is 97.4 Å². The Morgan fingerprint density at radius 1 is 1.03 bits per heavy atom. The number of nitrogens with zero attached hydrogens (tertiary/aromatic N) is 1. The maximum atomic E-state index is 12.5. The van der Waals surface area contributed by atoms with E-state index in [0.29, 0.717) is 23.5 Å².